The summed E-state index contributed by atoms with van der Waals surface area (Å²) in [6.07, 6.45) is 2.41. The van der Waals surface area contributed by atoms with Crippen molar-refractivity contribution in [3.05, 3.63) is 41.5 Å². The van der Waals surface area contributed by atoms with Crippen LogP contribution in [0.4, 0.5) is 0 Å². The van der Waals surface area contributed by atoms with Crippen molar-refractivity contribution in [2.75, 3.05) is 6.54 Å². The zero-order valence-electron chi connectivity index (χ0n) is 11.6. The molecule has 20 heavy (non-hydrogen) atoms. The van der Waals surface area contributed by atoms with Gasteiger partial charge in [-0.15, -0.1) is 0 Å². The van der Waals surface area contributed by atoms with Crippen molar-refractivity contribution >= 4 is 0 Å². The first kappa shape index (κ1) is 13.1. The summed E-state index contributed by atoms with van der Waals surface area (Å²) in [5, 5.41) is 4.05. The van der Waals surface area contributed by atoms with Crippen LogP contribution < -0.4 is 10.5 Å². The lowest BCUT2D eigenvalue weighted by molar-refractivity contribution is 0.221. The van der Waals surface area contributed by atoms with Crippen molar-refractivity contribution < 1.29 is 9.26 Å². The lowest BCUT2D eigenvalue weighted by atomic mass is 10.0. The highest BCUT2D eigenvalue weighted by atomic mass is 16.5. The normalized spacial score (nSPS) is 18.6. The second-order valence-electron chi connectivity index (χ2n) is 5.18. The van der Waals surface area contributed by atoms with Crippen LogP contribution in [0.25, 0.3) is 0 Å². The van der Waals surface area contributed by atoms with Gasteiger partial charge in [0, 0.05) is 12.8 Å². The van der Waals surface area contributed by atoms with Gasteiger partial charge < -0.3 is 15.0 Å². The van der Waals surface area contributed by atoms with Gasteiger partial charge in [0.05, 0.1) is 0 Å². The Kier molecular flexibility index (Phi) is 3.69. The van der Waals surface area contributed by atoms with Gasteiger partial charge in [-0.3, -0.25) is 0 Å². The van der Waals surface area contributed by atoms with Gasteiger partial charge in [0.25, 0.3) is 0 Å². The molecule has 0 bridgehead atoms. The molecule has 0 aliphatic carbocycles. The van der Waals surface area contributed by atoms with Gasteiger partial charge in [-0.2, -0.15) is 4.98 Å². The van der Waals surface area contributed by atoms with Gasteiger partial charge in [0.15, 0.2) is 6.10 Å². The first-order chi connectivity index (χ1) is 9.80. The second kappa shape index (κ2) is 5.63. The van der Waals surface area contributed by atoms with Crippen LogP contribution in [0, 0.1) is 5.92 Å². The number of hydrogen-bond donors (Lipinski definition) is 1. The predicted octanol–water partition coefficient (Wildman–Crippen LogP) is 2.27. The minimum absolute atomic E-state index is 0.136. The van der Waals surface area contributed by atoms with Crippen LogP contribution in [0.2, 0.25) is 0 Å². The molecule has 5 heteroatoms. The van der Waals surface area contributed by atoms with Crippen molar-refractivity contribution in [2.24, 2.45) is 11.7 Å². The molecule has 1 aliphatic rings. The summed E-state index contributed by atoms with van der Waals surface area (Å²) in [7, 11) is 0. The van der Waals surface area contributed by atoms with Crippen LogP contribution in [-0.4, -0.2) is 16.7 Å². The highest BCUT2D eigenvalue weighted by Crippen LogP contribution is 2.35. The molecule has 1 aromatic carbocycles. The summed E-state index contributed by atoms with van der Waals surface area (Å²) in [6, 6.07) is 8.02. The summed E-state index contributed by atoms with van der Waals surface area (Å²) in [6.45, 7) is 2.76. The van der Waals surface area contributed by atoms with Gasteiger partial charge in [-0.05, 0) is 24.1 Å². The average Bonchev–Trinajstić information content (AvgIpc) is 3.10. The summed E-state index contributed by atoms with van der Waals surface area (Å²) in [4.78, 5) is 4.45. The van der Waals surface area contributed by atoms with E-state index in [0.717, 1.165) is 25.0 Å². The van der Waals surface area contributed by atoms with Crippen molar-refractivity contribution in [3.63, 3.8) is 0 Å². The van der Waals surface area contributed by atoms with Crippen molar-refractivity contribution in [1.82, 2.24) is 10.1 Å². The van der Waals surface area contributed by atoms with E-state index in [4.69, 9.17) is 15.0 Å². The van der Waals surface area contributed by atoms with Crippen LogP contribution in [0.5, 0.6) is 5.75 Å². The monoisotopic (exact) mass is 273 g/mol. The number of para-hydroxylation sites is 1. The van der Waals surface area contributed by atoms with Crippen LogP contribution in [-0.2, 0) is 12.8 Å². The van der Waals surface area contributed by atoms with Crippen molar-refractivity contribution in [1.29, 1.82) is 0 Å². The lowest BCUT2D eigenvalue weighted by Gasteiger charge is -2.07. The zero-order valence-corrected chi connectivity index (χ0v) is 11.6. The number of fused-ring (bicyclic) bond motifs is 1. The third-order valence-corrected chi connectivity index (χ3v) is 3.79. The van der Waals surface area contributed by atoms with E-state index < -0.39 is 0 Å². The third-order valence-electron chi connectivity index (χ3n) is 3.79. The van der Waals surface area contributed by atoms with Gasteiger partial charge in [0.2, 0.25) is 11.7 Å². The van der Waals surface area contributed by atoms with Gasteiger partial charge in [0.1, 0.15) is 5.75 Å². The fourth-order valence-electron chi connectivity index (χ4n) is 2.45. The summed E-state index contributed by atoms with van der Waals surface area (Å²) < 4.78 is 11.2. The molecule has 2 heterocycles. The number of aromatic nitrogens is 2. The summed E-state index contributed by atoms with van der Waals surface area (Å²) in [5.41, 5.74) is 6.89. The standard InChI is InChI=1S/C15H19N3O2/c1-2-10(9-16)7-14-17-15(18-20-14)13-8-11-5-3-4-6-12(11)19-13/h3-6,10,13H,2,7-9,16H2,1H3. The van der Waals surface area contributed by atoms with Crippen molar-refractivity contribution in [3.8, 4) is 5.75 Å². The maximum atomic E-state index is 5.85. The average molecular weight is 273 g/mol. The number of benzene rings is 1. The molecule has 0 spiro atoms. The molecule has 2 unspecified atom stereocenters. The summed E-state index contributed by atoms with van der Waals surface area (Å²) >= 11 is 0. The molecule has 0 saturated carbocycles. The van der Waals surface area contributed by atoms with E-state index in [1.165, 1.54) is 5.56 Å². The van der Waals surface area contributed by atoms with E-state index in [1.807, 2.05) is 18.2 Å². The van der Waals surface area contributed by atoms with Crippen LogP contribution in [0.1, 0.15) is 36.7 Å². The number of rotatable bonds is 5. The van der Waals surface area contributed by atoms with E-state index in [2.05, 4.69) is 23.1 Å². The molecule has 0 saturated heterocycles. The zero-order chi connectivity index (χ0) is 13.9. The topological polar surface area (TPSA) is 74.2 Å². The van der Waals surface area contributed by atoms with Gasteiger partial charge >= 0.3 is 0 Å². The maximum Gasteiger partial charge on any atom is 0.227 e. The van der Waals surface area contributed by atoms with E-state index >= 15 is 0 Å². The Labute approximate surface area is 118 Å². The fraction of sp³-hybridized carbons (Fsp3) is 0.467. The molecule has 1 aromatic heterocycles. The van der Waals surface area contributed by atoms with Gasteiger partial charge in [-0.1, -0.05) is 36.7 Å². The van der Waals surface area contributed by atoms with E-state index in [9.17, 15) is 0 Å². The maximum absolute atomic E-state index is 5.85. The van der Waals surface area contributed by atoms with E-state index in [1.54, 1.807) is 0 Å². The Morgan fingerprint density at radius 2 is 2.25 bits per heavy atom. The fourth-order valence-corrected chi connectivity index (χ4v) is 2.45. The van der Waals surface area contributed by atoms with Gasteiger partial charge in [-0.25, -0.2) is 0 Å². The Bertz CT molecular complexity index is 553. The molecule has 106 valence electrons. The number of nitrogens with two attached hydrogens (primary N) is 1. The Hall–Kier alpha value is -1.88. The smallest absolute Gasteiger partial charge is 0.227 e. The largest absolute Gasteiger partial charge is 0.482 e. The molecule has 3 rings (SSSR count). The second-order valence-corrected chi connectivity index (χ2v) is 5.18. The molecule has 2 N–H and O–H groups in total. The highest BCUT2D eigenvalue weighted by Gasteiger charge is 2.28. The third kappa shape index (κ3) is 2.54. The molecule has 5 nitrogen and oxygen atoms in total. The number of hydrogen-bond acceptors (Lipinski definition) is 5. The Balaban J connectivity index is 1.70. The molecule has 2 atom stereocenters. The number of ether oxygens (including phenoxy) is 1. The first-order valence-corrected chi connectivity index (χ1v) is 7.07. The molecule has 2 aromatic rings. The first-order valence-electron chi connectivity index (χ1n) is 7.07. The molecule has 0 amide bonds. The van der Waals surface area contributed by atoms with Crippen LogP contribution >= 0.6 is 0 Å². The van der Waals surface area contributed by atoms with E-state index in [-0.39, 0.29) is 6.10 Å². The Morgan fingerprint density at radius 3 is 3.00 bits per heavy atom. The summed E-state index contributed by atoms with van der Waals surface area (Å²) in [5.74, 6) is 2.59. The quantitative estimate of drug-likeness (QED) is 0.904. The van der Waals surface area contributed by atoms with Crippen LogP contribution in [0.15, 0.2) is 28.8 Å². The minimum atomic E-state index is -0.136. The minimum Gasteiger partial charge on any atom is -0.482 e. The molecular weight excluding hydrogens is 254 g/mol. The van der Waals surface area contributed by atoms with Crippen LogP contribution in [0.3, 0.4) is 0 Å². The van der Waals surface area contributed by atoms with Crippen molar-refractivity contribution in [2.45, 2.75) is 32.3 Å². The van der Waals surface area contributed by atoms with E-state index in [0.29, 0.717) is 24.2 Å². The predicted molar refractivity (Wildman–Crippen MR) is 74.4 cm³/mol. The Morgan fingerprint density at radius 1 is 1.40 bits per heavy atom. The molecule has 1 aliphatic heterocycles. The SMILES string of the molecule is CCC(CN)Cc1nc(C2Cc3ccccc3O2)no1. The molecule has 0 radical (unpaired) electrons. The molecule has 0 fully saturated rings. The lowest BCUT2D eigenvalue weighted by Crippen LogP contribution is -2.16. The highest BCUT2D eigenvalue weighted by molar-refractivity contribution is 5.37. The number of nitrogens with zero attached hydrogens (tertiary/aromatic N) is 2. The molecular formula is C15H19N3O2.